The number of para-hydroxylation sites is 1. The first-order valence-electron chi connectivity index (χ1n) is 9.95. The number of fused-ring (bicyclic) bond motifs is 1. The second kappa shape index (κ2) is 7.85. The topological polar surface area (TPSA) is 63.1 Å². The third kappa shape index (κ3) is 3.53. The third-order valence-corrected chi connectivity index (χ3v) is 5.38. The molecule has 152 valence electrons. The van der Waals surface area contributed by atoms with Crippen molar-refractivity contribution in [2.45, 2.75) is 6.54 Å². The van der Waals surface area contributed by atoms with E-state index >= 15 is 0 Å². The fourth-order valence-electron chi connectivity index (χ4n) is 3.81. The van der Waals surface area contributed by atoms with Gasteiger partial charge in [-0.2, -0.15) is 5.10 Å². The summed E-state index contributed by atoms with van der Waals surface area (Å²) in [5.74, 6) is -0.299. The maximum absolute atomic E-state index is 13.5. The van der Waals surface area contributed by atoms with Crippen LogP contribution in [0.3, 0.4) is 0 Å². The zero-order valence-electron chi connectivity index (χ0n) is 16.3. The lowest BCUT2D eigenvalue weighted by Crippen LogP contribution is -2.37. The van der Waals surface area contributed by atoms with Crippen LogP contribution in [0.25, 0.3) is 28.0 Å². The summed E-state index contributed by atoms with van der Waals surface area (Å²) in [6.45, 7) is 3.49. The van der Waals surface area contributed by atoms with Crippen LogP contribution in [0.5, 0.6) is 0 Å². The molecule has 1 aliphatic rings. The minimum atomic E-state index is -0.299. The summed E-state index contributed by atoms with van der Waals surface area (Å²) >= 11 is 0. The van der Waals surface area contributed by atoms with Gasteiger partial charge in [-0.05, 0) is 42.5 Å². The number of aromatic nitrogens is 3. The van der Waals surface area contributed by atoms with Gasteiger partial charge >= 0.3 is 0 Å². The summed E-state index contributed by atoms with van der Waals surface area (Å²) in [6.07, 6.45) is 0. The molecule has 3 heterocycles. The van der Waals surface area contributed by atoms with Gasteiger partial charge in [0.25, 0.3) is 5.56 Å². The van der Waals surface area contributed by atoms with Crippen molar-refractivity contribution in [3.63, 3.8) is 0 Å². The van der Waals surface area contributed by atoms with Gasteiger partial charge in [-0.15, -0.1) is 0 Å². The number of hydrogen-bond acceptors (Lipinski definition) is 4. The first kappa shape index (κ1) is 18.7. The summed E-state index contributed by atoms with van der Waals surface area (Å²) in [5.41, 5.74) is 3.51. The molecule has 2 aromatic carbocycles. The van der Waals surface area contributed by atoms with Crippen LogP contribution in [0.2, 0.25) is 0 Å². The number of ether oxygens (including phenoxy) is 1. The number of pyridine rings is 1. The van der Waals surface area contributed by atoms with E-state index in [1.165, 1.54) is 12.1 Å². The maximum atomic E-state index is 13.5. The minimum absolute atomic E-state index is 0.128. The van der Waals surface area contributed by atoms with E-state index in [4.69, 9.17) is 9.84 Å². The molecule has 0 bridgehead atoms. The molecule has 1 fully saturated rings. The lowest BCUT2D eigenvalue weighted by atomic mass is 10.1. The van der Waals surface area contributed by atoms with E-state index in [9.17, 15) is 9.18 Å². The Hall–Kier alpha value is -3.29. The second-order valence-corrected chi connectivity index (χ2v) is 7.38. The predicted octanol–water partition coefficient (Wildman–Crippen LogP) is 3.35. The molecule has 7 heteroatoms. The number of morpholine rings is 1. The Labute approximate surface area is 172 Å². The molecular weight excluding hydrogens is 383 g/mol. The zero-order valence-corrected chi connectivity index (χ0v) is 16.3. The first-order chi connectivity index (χ1) is 14.7. The van der Waals surface area contributed by atoms with Crippen LogP contribution in [0.1, 0.15) is 5.56 Å². The summed E-state index contributed by atoms with van der Waals surface area (Å²) in [6, 6.07) is 17.8. The molecule has 1 N–H and O–H groups in total. The van der Waals surface area contributed by atoms with Crippen LogP contribution in [-0.2, 0) is 11.3 Å². The van der Waals surface area contributed by atoms with E-state index < -0.39 is 0 Å². The molecule has 0 aliphatic carbocycles. The molecule has 4 aromatic rings. The zero-order chi connectivity index (χ0) is 20.5. The monoisotopic (exact) mass is 404 g/mol. The number of hydrogen-bond donors (Lipinski definition) is 1. The van der Waals surface area contributed by atoms with Gasteiger partial charge in [0, 0.05) is 36.1 Å². The van der Waals surface area contributed by atoms with Crippen LogP contribution >= 0.6 is 0 Å². The largest absolute Gasteiger partial charge is 0.379 e. The summed E-state index contributed by atoms with van der Waals surface area (Å²) in [5, 5.41) is 5.61. The smallest absolute Gasteiger partial charge is 0.254 e. The Kier molecular flexibility index (Phi) is 4.90. The molecule has 5 rings (SSSR count). The molecule has 0 radical (unpaired) electrons. The lowest BCUT2D eigenvalue weighted by molar-refractivity contribution is 0.0340. The molecule has 0 saturated carbocycles. The highest BCUT2D eigenvalue weighted by molar-refractivity contribution is 5.92. The van der Waals surface area contributed by atoms with Gasteiger partial charge in [0.2, 0.25) is 0 Å². The van der Waals surface area contributed by atoms with E-state index in [-0.39, 0.29) is 11.4 Å². The number of H-pyrrole nitrogens is 1. The maximum Gasteiger partial charge on any atom is 0.254 e. The van der Waals surface area contributed by atoms with Crippen molar-refractivity contribution < 1.29 is 9.13 Å². The molecule has 30 heavy (non-hydrogen) atoms. The van der Waals surface area contributed by atoms with Crippen molar-refractivity contribution in [3.8, 4) is 16.9 Å². The summed E-state index contributed by atoms with van der Waals surface area (Å²) in [4.78, 5) is 18.1. The Morgan fingerprint density at radius 3 is 2.50 bits per heavy atom. The van der Waals surface area contributed by atoms with Crippen molar-refractivity contribution in [2.24, 2.45) is 0 Å². The van der Waals surface area contributed by atoms with Crippen molar-refractivity contribution >= 4 is 11.0 Å². The molecular formula is C23H21FN4O2. The average molecular weight is 404 g/mol. The van der Waals surface area contributed by atoms with Crippen molar-refractivity contribution in [1.82, 2.24) is 19.7 Å². The molecule has 0 spiro atoms. The number of nitrogens with zero attached hydrogens (tertiary/aromatic N) is 3. The Morgan fingerprint density at radius 1 is 1.03 bits per heavy atom. The Bertz CT molecular complexity index is 1230. The van der Waals surface area contributed by atoms with Gasteiger partial charge in [0.15, 0.2) is 0 Å². The van der Waals surface area contributed by atoms with Gasteiger partial charge in [-0.25, -0.2) is 9.07 Å². The van der Waals surface area contributed by atoms with E-state index in [1.807, 2.05) is 36.4 Å². The average Bonchev–Trinajstić information content (AvgIpc) is 3.14. The van der Waals surface area contributed by atoms with Crippen LogP contribution in [0.4, 0.5) is 4.39 Å². The number of benzene rings is 2. The lowest BCUT2D eigenvalue weighted by Gasteiger charge is -2.26. The number of aromatic amines is 1. The number of nitrogens with one attached hydrogen (secondary N) is 1. The molecule has 6 nitrogen and oxygen atoms in total. The molecule has 1 aliphatic heterocycles. The van der Waals surface area contributed by atoms with E-state index in [1.54, 1.807) is 16.8 Å². The molecule has 0 atom stereocenters. The van der Waals surface area contributed by atoms with E-state index in [2.05, 4.69) is 9.88 Å². The normalized spacial score (nSPS) is 15.0. The van der Waals surface area contributed by atoms with Gasteiger partial charge in [0.1, 0.15) is 17.2 Å². The standard InChI is InChI=1S/C23H21FN4O2/c24-18-8-6-16(7-9-18)21-20-14-17(15-27-10-12-30-13-11-27)23(29)25-22(20)28(26-21)19-4-2-1-3-5-19/h1-9,14H,10-13,15H2,(H,25,29). The van der Waals surface area contributed by atoms with Crippen molar-refractivity contribution in [3.05, 3.63) is 82.4 Å². The van der Waals surface area contributed by atoms with Gasteiger partial charge in [-0.3, -0.25) is 9.69 Å². The van der Waals surface area contributed by atoms with Gasteiger partial charge < -0.3 is 9.72 Å². The van der Waals surface area contributed by atoms with Gasteiger partial charge in [0.05, 0.1) is 18.9 Å². The summed E-state index contributed by atoms with van der Waals surface area (Å²) in [7, 11) is 0. The quantitative estimate of drug-likeness (QED) is 0.567. The highest BCUT2D eigenvalue weighted by atomic mass is 19.1. The fourth-order valence-corrected chi connectivity index (χ4v) is 3.81. The third-order valence-electron chi connectivity index (χ3n) is 5.38. The van der Waals surface area contributed by atoms with Crippen LogP contribution in [0.15, 0.2) is 65.5 Å². The fraction of sp³-hybridized carbons (Fsp3) is 0.217. The first-order valence-corrected chi connectivity index (χ1v) is 9.95. The predicted molar refractivity (Wildman–Crippen MR) is 113 cm³/mol. The molecule has 0 unspecified atom stereocenters. The highest BCUT2D eigenvalue weighted by Gasteiger charge is 2.19. The van der Waals surface area contributed by atoms with Crippen molar-refractivity contribution in [1.29, 1.82) is 0 Å². The number of halogens is 1. The summed E-state index contributed by atoms with van der Waals surface area (Å²) < 4.78 is 20.6. The number of rotatable bonds is 4. The second-order valence-electron chi connectivity index (χ2n) is 7.38. The minimum Gasteiger partial charge on any atom is -0.379 e. The Morgan fingerprint density at radius 2 is 1.77 bits per heavy atom. The van der Waals surface area contributed by atoms with Crippen molar-refractivity contribution in [2.75, 3.05) is 26.3 Å². The molecule has 2 aromatic heterocycles. The van der Waals surface area contributed by atoms with E-state index in [0.717, 1.165) is 29.7 Å². The van der Waals surface area contributed by atoms with Crippen LogP contribution in [-0.4, -0.2) is 46.0 Å². The Balaban J connectivity index is 1.67. The highest BCUT2D eigenvalue weighted by Crippen LogP contribution is 2.29. The SMILES string of the molecule is O=c1[nH]c2c(cc1CN1CCOCC1)c(-c1ccc(F)cc1)nn2-c1ccccc1. The van der Waals surface area contributed by atoms with E-state index in [0.29, 0.717) is 36.7 Å². The van der Waals surface area contributed by atoms with Gasteiger partial charge in [-0.1, -0.05) is 18.2 Å². The van der Waals surface area contributed by atoms with Crippen LogP contribution < -0.4 is 5.56 Å². The molecule has 0 amide bonds. The van der Waals surface area contributed by atoms with Crippen LogP contribution in [0, 0.1) is 5.82 Å². The molecule has 1 saturated heterocycles.